The number of carbonyl (C=O) groups excluding carboxylic acids is 1. The van der Waals surface area contributed by atoms with E-state index in [1.165, 1.54) is 22.5 Å². The summed E-state index contributed by atoms with van der Waals surface area (Å²) in [4.78, 5) is 14.2. The Hall–Kier alpha value is -2.52. The standard InChI is InChI=1S/C21H25F2N3O3S/c1-3-26(4-2)30(28,29)18-9-5-8-17(13-18)24-20(27)14-25-10-6-7-15-11-16(22)12-19(23)21(15)25/h5,8-9,11-13H,3-4,6-7,10,14H2,1-2H3,(H,24,27). The predicted octanol–water partition coefficient (Wildman–Crippen LogP) is 3.39. The molecule has 1 amide bonds. The fraction of sp³-hybridized carbons (Fsp3) is 0.381. The molecule has 3 rings (SSSR count). The maximum Gasteiger partial charge on any atom is 0.243 e. The second-order valence-corrected chi connectivity index (χ2v) is 9.02. The number of anilines is 2. The quantitative estimate of drug-likeness (QED) is 0.721. The Kier molecular flexibility index (Phi) is 6.72. The van der Waals surface area contributed by atoms with Crippen molar-refractivity contribution in [2.75, 3.05) is 36.4 Å². The van der Waals surface area contributed by atoms with E-state index in [0.717, 1.165) is 6.07 Å². The van der Waals surface area contributed by atoms with Gasteiger partial charge in [-0.3, -0.25) is 4.79 Å². The molecule has 2 aromatic rings. The van der Waals surface area contributed by atoms with E-state index in [1.807, 2.05) is 0 Å². The highest BCUT2D eigenvalue weighted by atomic mass is 32.2. The number of carbonyl (C=O) groups is 1. The van der Waals surface area contributed by atoms with E-state index in [4.69, 9.17) is 0 Å². The lowest BCUT2D eigenvalue weighted by molar-refractivity contribution is -0.115. The van der Waals surface area contributed by atoms with Crippen molar-refractivity contribution in [1.82, 2.24) is 4.31 Å². The number of fused-ring (bicyclic) bond motifs is 1. The van der Waals surface area contributed by atoms with Crippen LogP contribution >= 0.6 is 0 Å². The minimum absolute atomic E-state index is 0.0915. The minimum Gasteiger partial charge on any atom is -0.360 e. The number of hydrogen-bond acceptors (Lipinski definition) is 4. The molecule has 0 radical (unpaired) electrons. The van der Waals surface area contributed by atoms with E-state index in [9.17, 15) is 22.0 Å². The molecule has 1 aliphatic heterocycles. The van der Waals surface area contributed by atoms with Gasteiger partial charge < -0.3 is 10.2 Å². The van der Waals surface area contributed by atoms with E-state index in [-0.39, 0.29) is 17.1 Å². The first-order chi connectivity index (χ1) is 14.3. The van der Waals surface area contributed by atoms with Gasteiger partial charge in [-0.1, -0.05) is 19.9 Å². The highest BCUT2D eigenvalue weighted by Gasteiger charge is 2.25. The first kappa shape index (κ1) is 22.2. The van der Waals surface area contributed by atoms with Crippen molar-refractivity contribution >= 4 is 27.3 Å². The SMILES string of the molecule is CCN(CC)S(=O)(=O)c1cccc(NC(=O)CN2CCCc3cc(F)cc(F)c32)c1. The molecule has 1 aliphatic rings. The van der Waals surface area contributed by atoms with Crippen molar-refractivity contribution in [3.05, 3.63) is 53.6 Å². The minimum atomic E-state index is -3.65. The van der Waals surface area contributed by atoms with Crippen LogP contribution in [-0.4, -0.2) is 44.8 Å². The maximum absolute atomic E-state index is 14.3. The molecule has 0 saturated carbocycles. The third-order valence-corrected chi connectivity index (χ3v) is 7.14. The molecule has 6 nitrogen and oxygen atoms in total. The van der Waals surface area contributed by atoms with Gasteiger partial charge in [-0.05, 0) is 42.7 Å². The molecule has 0 saturated heterocycles. The van der Waals surface area contributed by atoms with Gasteiger partial charge in [0, 0.05) is 31.4 Å². The molecule has 0 aliphatic carbocycles. The molecule has 9 heteroatoms. The monoisotopic (exact) mass is 437 g/mol. The number of sulfonamides is 1. The smallest absolute Gasteiger partial charge is 0.243 e. The second-order valence-electron chi connectivity index (χ2n) is 7.09. The summed E-state index contributed by atoms with van der Waals surface area (Å²) in [7, 11) is -3.65. The van der Waals surface area contributed by atoms with Crippen molar-refractivity contribution in [2.45, 2.75) is 31.6 Å². The summed E-state index contributed by atoms with van der Waals surface area (Å²) in [6.45, 7) is 4.55. The molecule has 0 bridgehead atoms. The molecular formula is C21H25F2N3O3S. The molecular weight excluding hydrogens is 412 g/mol. The molecule has 0 aromatic heterocycles. The Morgan fingerprint density at radius 1 is 1.17 bits per heavy atom. The van der Waals surface area contributed by atoms with E-state index in [1.54, 1.807) is 30.9 Å². The number of benzene rings is 2. The van der Waals surface area contributed by atoms with Crippen LogP contribution in [0, 0.1) is 11.6 Å². The van der Waals surface area contributed by atoms with E-state index >= 15 is 0 Å². The third-order valence-electron chi connectivity index (χ3n) is 5.09. The van der Waals surface area contributed by atoms with Gasteiger partial charge in [0.1, 0.15) is 11.6 Å². The van der Waals surface area contributed by atoms with Crippen LogP contribution in [-0.2, 0) is 21.2 Å². The van der Waals surface area contributed by atoms with Gasteiger partial charge in [-0.15, -0.1) is 0 Å². The van der Waals surface area contributed by atoms with Crippen molar-refractivity contribution in [2.24, 2.45) is 0 Å². The maximum atomic E-state index is 14.3. The molecule has 0 fully saturated rings. The first-order valence-electron chi connectivity index (χ1n) is 9.89. The first-order valence-corrected chi connectivity index (χ1v) is 11.3. The molecule has 1 heterocycles. The fourth-order valence-corrected chi connectivity index (χ4v) is 5.22. The van der Waals surface area contributed by atoms with Crippen LogP contribution in [0.4, 0.5) is 20.2 Å². The van der Waals surface area contributed by atoms with Crippen LogP contribution in [0.15, 0.2) is 41.3 Å². The average Bonchev–Trinajstić information content (AvgIpc) is 2.68. The normalized spacial score (nSPS) is 14.0. The lowest BCUT2D eigenvalue weighted by atomic mass is 10.0. The van der Waals surface area contributed by atoms with Crippen molar-refractivity contribution < 1.29 is 22.0 Å². The van der Waals surface area contributed by atoms with Crippen LogP contribution < -0.4 is 10.2 Å². The molecule has 162 valence electrons. The lowest BCUT2D eigenvalue weighted by Crippen LogP contribution is -2.37. The number of aryl methyl sites for hydroxylation is 1. The zero-order chi connectivity index (χ0) is 21.9. The van der Waals surface area contributed by atoms with Crippen molar-refractivity contribution in [1.29, 1.82) is 0 Å². The third kappa shape index (κ3) is 4.62. The molecule has 30 heavy (non-hydrogen) atoms. The van der Waals surface area contributed by atoms with E-state index < -0.39 is 27.6 Å². The summed E-state index contributed by atoms with van der Waals surface area (Å²) in [5.74, 6) is -1.74. The van der Waals surface area contributed by atoms with Gasteiger partial charge in [0.25, 0.3) is 0 Å². The number of rotatable bonds is 7. The number of nitrogens with one attached hydrogen (secondary N) is 1. The number of halogens is 2. The van der Waals surface area contributed by atoms with Crippen LogP contribution in [0.1, 0.15) is 25.8 Å². The fourth-order valence-electron chi connectivity index (χ4n) is 3.72. The van der Waals surface area contributed by atoms with Gasteiger partial charge in [0.05, 0.1) is 17.1 Å². The summed E-state index contributed by atoms with van der Waals surface area (Å²) >= 11 is 0. The Morgan fingerprint density at radius 3 is 2.60 bits per heavy atom. The van der Waals surface area contributed by atoms with E-state index in [0.29, 0.717) is 43.7 Å². The van der Waals surface area contributed by atoms with Gasteiger partial charge >= 0.3 is 0 Å². The summed E-state index contributed by atoms with van der Waals surface area (Å²) < 4.78 is 54.5. The van der Waals surface area contributed by atoms with Crippen LogP contribution in [0.5, 0.6) is 0 Å². The highest BCUT2D eigenvalue weighted by molar-refractivity contribution is 7.89. The van der Waals surface area contributed by atoms with Crippen molar-refractivity contribution in [3.8, 4) is 0 Å². The molecule has 1 N–H and O–H groups in total. The Morgan fingerprint density at radius 2 is 1.90 bits per heavy atom. The second kappa shape index (κ2) is 9.09. The Bertz CT molecular complexity index is 1040. The number of nitrogens with zero attached hydrogens (tertiary/aromatic N) is 2. The summed E-state index contributed by atoms with van der Waals surface area (Å²) in [6, 6.07) is 8.16. The zero-order valence-electron chi connectivity index (χ0n) is 17.0. The topological polar surface area (TPSA) is 69.7 Å². The van der Waals surface area contributed by atoms with Gasteiger partial charge in [0.15, 0.2) is 0 Å². The summed E-state index contributed by atoms with van der Waals surface area (Å²) in [6.07, 6.45) is 1.23. The summed E-state index contributed by atoms with van der Waals surface area (Å²) in [5, 5.41) is 2.68. The number of amides is 1. The molecule has 0 atom stereocenters. The zero-order valence-corrected chi connectivity index (χ0v) is 17.8. The number of hydrogen-bond donors (Lipinski definition) is 1. The molecule has 0 spiro atoms. The van der Waals surface area contributed by atoms with Crippen LogP contribution in [0.2, 0.25) is 0 Å². The van der Waals surface area contributed by atoms with Gasteiger partial charge in [-0.25, -0.2) is 17.2 Å². The Balaban J connectivity index is 1.76. The largest absolute Gasteiger partial charge is 0.360 e. The van der Waals surface area contributed by atoms with Gasteiger partial charge in [-0.2, -0.15) is 4.31 Å². The average molecular weight is 438 g/mol. The summed E-state index contributed by atoms with van der Waals surface area (Å²) in [5.41, 5.74) is 1.12. The van der Waals surface area contributed by atoms with E-state index in [2.05, 4.69) is 5.32 Å². The van der Waals surface area contributed by atoms with Crippen LogP contribution in [0.25, 0.3) is 0 Å². The Labute approximate surface area is 175 Å². The van der Waals surface area contributed by atoms with Crippen molar-refractivity contribution in [3.63, 3.8) is 0 Å². The molecule has 0 unspecified atom stereocenters. The predicted molar refractivity (Wildman–Crippen MR) is 112 cm³/mol. The lowest BCUT2D eigenvalue weighted by Gasteiger charge is -2.31. The molecule has 2 aromatic carbocycles. The van der Waals surface area contributed by atoms with Crippen LogP contribution in [0.3, 0.4) is 0 Å². The highest BCUT2D eigenvalue weighted by Crippen LogP contribution is 2.31. The van der Waals surface area contributed by atoms with Gasteiger partial charge in [0.2, 0.25) is 15.9 Å².